The molecule has 0 spiro atoms. The Balaban J connectivity index is 2.92. The average molecular weight is 219 g/mol. The van der Waals surface area contributed by atoms with E-state index in [1.807, 2.05) is 0 Å². The Morgan fingerprint density at radius 3 is 2.53 bits per heavy atom. The quantitative estimate of drug-likeness (QED) is 0.783. The van der Waals surface area contributed by atoms with Crippen LogP contribution in [0.3, 0.4) is 0 Å². The SMILES string of the molecule is N[C@H](C=O)c1ccc(OC(F)F)cc1F. The van der Waals surface area contributed by atoms with E-state index in [0.717, 1.165) is 18.2 Å². The van der Waals surface area contributed by atoms with Crippen LogP contribution in [0.2, 0.25) is 0 Å². The molecule has 0 fully saturated rings. The maximum atomic E-state index is 13.2. The van der Waals surface area contributed by atoms with Gasteiger partial charge in [0, 0.05) is 11.6 Å². The number of benzene rings is 1. The number of carbonyl (C=O) groups is 1. The standard InChI is InChI=1S/C9H8F3NO2/c10-7-3-5(15-9(11)12)1-2-6(7)8(13)4-14/h1-4,8-9H,13H2/t8-/m1/s1. The number of halogens is 3. The molecule has 82 valence electrons. The Bertz CT molecular complexity index is 357. The highest BCUT2D eigenvalue weighted by Crippen LogP contribution is 2.21. The number of alkyl halides is 2. The van der Waals surface area contributed by atoms with Crippen molar-refractivity contribution < 1.29 is 22.7 Å². The lowest BCUT2D eigenvalue weighted by Gasteiger charge is -2.08. The lowest BCUT2D eigenvalue weighted by Crippen LogP contribution is -2.13. The summed E-state index contributed by atoms with van der Waals surface area (Å²) >= 11 is 0. The number of rotatable bonds is 4. The Hall–Kier alpha value is -1.56. The van der Waals surface area contributed by atoms with Gasteiger partial charge >= 0.3 is 6.61 Å². The van der Waals surface area contributed by atoms with E-state index in [-0.39, 0.29) is 11.3 Å². The second kappa shape index (κ2) is 4.79. The molecule has 0 aliphatic rings. The van der Waals surface area contributed by atoms with Gasteiger partial charge in [0.05, 0.1) is 6.04 Å². The van der Waals surface area contributed by atoms with Crippen LogP contribution in [-0.4, -0.2) is 12.9 Å². The van der Waals surface area contributed by atoms with E-state index in [0.29, 0.717) is 6.29 Å². The molecular weight excluding hydrogens is 211 g/mol. The molecule has 0 heterocycles. The predicted molar refractivity (Wildman–Crippen MR) is 46.0 cm³/mol. The van der Waals surface area contributed by atoms with Crippen LogP contribution in [0.1, 0.15) is 11.6 Å². The number of ether oxygens (including phenoxy) is 1. The summed E-state index contributed by atoms with van der Waals surface area (Å²) in [4.78, 5) is 10.3. The minimum absolute atomic E-state index is 0.0633. The summed E-state index contributed by atoms with van der Waals surface area (Å²) in [5.74, 6) is -1.17. The fourth-order valence-electron chi connectivity index (χ4n) is 1.03. The molecule has 1 rings (SSSR count). The normalized spacial score (nSPS) is 12.6. The third-order valence-electron chi connectivity index (χ3n) is 1.70. The first-order valence-electron chi connectivity index (χ1n) is 3.99. The number of hydrogen-bond acceptors (Lipinski definition) is 3. The number of carbonyl (C=O) groups excluding carboxylic acids is 1. The molecule has 0 aliphatic heterocycles. The summed E-state index contributed by atoms with van der Waals surface area (Å²) in [6.07, 6.45) is 0.353. The van der Waals surface area contributed by atoms with Crippen LogP contribution in [0.15, 0.2) is 18.2 Å². The third kappa shape index (κ3) is 2.95. The van der Waals surface area contributed by atoms with Gasteiger partial charge in [0.15, 0.2) is 0 Å². The zero-order chi connectivity index (χ0) is 11.4. The van der Waals surface area contributed by atoms with Gasteiger partial charge < -0.3 is 15.3 Å². The highest BCUT2D eigenvalue weighted by molar-refractivity contribution is 5.61. The highest BCUT2D eigenvalue weighted by Gasteiger charge is 2.12. The van der Waals surface area contributed by atoms with Gasteiger partial charge in [-0.25, -0.2) is 4.39 Å². The molecule has 0 saturated heterocycles. The van der Waals surface area contributed by atoms with Crippen molar-refractivity contribution in [3.63, 3.8) is 0 Å². The van der Waals surface area contributed by atoms with Crippen LogP contribution < -0.4 is 10.5 Å². The van der Waals surface area contributed by atoms with E-state index < -0.39 is 18.5 Å². The van der Waals surface area contributed by atoms with Gasteiger partial charge in [-0.2, -0.15) is 8.78 Å². The molecule has 0 saturated carbocycles. The Morgan fingerprint density at radius 2 is 2.07 bits per heavy atom. The van der Waals surface area contributed by atoms with Gasteiger partial charge in [0.2, 0.25) is 0 Å². The van der Waals surface area contributed by atoms with Crippen LogP contribution in [0.4, 0.5) is 13.2 Å². The molecule has 0 aliphatic carbocycles. The molecule has 1 aromatic carbocycles. The lowest BCUT2D eigenvalue weighted by atomic mass is 10.1. The van der Waals surface area contributed by atoms with Crippen LogP contribution in [0.5, 0.6) is 5.75 Å². The minimum Gasteiger partial charge on any atom is -0.435 e. The molecule has 2 N–H and O–H groups in total. The van der Waals surface area contributed by atoms with Crippen LogP contribution in [0.25, 0.3) is 0 Å². The molecule has 0 bridgehead atoms. The second-order valence-electron chi connectivity index (χ2n) is 2.72. The molecular formula is C9H8F3NO2. The smallest absolute Gasteiger partial charge is 0.387 e. The van der Waals surface area contributed by atoms with Gasteiger partial charge in [-0.3, -0.25) is 0 Å². The minimum atomic E-state index is -3.02. The van der Waals surface area contributed by atoms with E-state index >= 15 is 0 Å². The number of hydrogen-bond donors (Lipinski definition) is 1. The van der Waals surface area contributed by atoms with Crippen LogP contribution in [0, 0.1) is 5.82 Å². The Kier molecular flexibility index (Phi) is 3.68. The van der Waals surface area contributed by atoms with Gasteiger partial charge in [-0.1, -0.05) is 6.07 Å². The van der Waals surface area contributed by atoms with Gasteiger partial charge in [-0.05, 0) is 6.07 Å². The molecule has 6 heteroatoms. The first-order chi connectivity index (χ1) is 7.04. The molecule has 15 heavy (non-hydrogen) atoms. The number of aldehydes is 1. The van der Waals surface area contributed by atoms with E-state index in [9.17, 15) is 18.0 Å². The largest absolute Gasteiger partial charge is 0.435 e. The summed E-state index contributed by atoms with van der Waals surface area (Å²) in [7, 11) is 0. The lowest BCUT2D eigenvalue weighted by molar-refractivity contribution is -0.109. The van der Waals surface area contributed by atoms with Crippen molar-refractivity contribution in [2.45, 2.75) is 12.7 Å². The van der Waals surface area contributed by atoms with Crippen LogP contribution in [-0.2, 0) is 4.79 Å². The monoisotopic (exact) mass is 219 g/mol. The van der Waals surface area contributed by atoms with Gasteiger partial charge in [0.25, 0.3) is 0 Å². The second-order valence-corrected chi connectivity index (χ2v) is 2.72. The Morgan fingerprint density at radius 1 is 1.40 bits per heavy atom. The molecule has 1 atom stereocenters. The van der Waals surface area contributed by atoms with E-state index in [4.69, 9.17) is 5.73 Å². The maximum absolute atomic E-state index is 13.2. The fraction of sp³-hybridized carbons (Fsp3) is 0.222. The summed E-state index contributed by atoms with van der Waals surface area (Å²) < 4.78 is 40.6. The molecule has 1 aromatic rings. The van der Waals surface area contributed by atoms with E-state index in [1.54, 1.807) is 0 Å². The predicted octanol–water partition coefficient (Wildman–Crippen LogP) is 1.63. The zero-order valence-electron chi connectivity index (χ0n) is 7.49. The molecule has 3 nitrogen and oxygen atoms in total. The van der Waals surface area contributed by atoms with Crippen LogP contribution >= 0.6 is 0 Å². The first kappa shape index (κ1) is 11.5. The summed E-state index contributed by atoms with van der Waals surface area (Å²) in [5.41, 5.74) is 5.19. The number of nitrogens with two attached hydrogens (primary N) is 1. The molecule has 0 amide bonds. The van der Waals surface area contributed by atoms with Crippen molar-refractivity contribution in [2.24, 2.45) is 5.73 Å². The average Bonchev–Trinajstić information content (AvgIpc) is 2.16. The van der Waals surface area contributed by atoms with Crippen molar-refractivity contribution in [1.82, 2.24) is 0 Å². The Labute approximate surface area is 83.6 Å². The summed E-state index contributed by atoms with van der Waals surface area (Å²) in [5, 5.41) is 0. The molecule has 0 aromatic heterocycles. The molecule has 0 radical (unpaired) electrons. The zero-order valence-corrected chi connectivity index (χ0v) is 7.49. The van der Waals surface area contributed by atoms with E-state index in [2.05, 4.69) is 4.74 Å². The van der Waals surface area contributed by atoms with Crippen molar-refractivity contribution in [2.75, 3.05) is 0 Å². The van der Waals surface area contributed by atoms with E-state index in [1.165, 1.54) is 0 Å². The first-order valence-corrected chi connectivity index (χ1v) is 3.99. The molecule has 0 unspecified atom stereocenters. The fourth-order valence-corrected chi connectivity index (χ4v) is 1.03. The van der Waals surface area contributed by atoms with Crippen molar-refractivity contribution in [3.05, 3.63) is 29.6 Å². The van der Waals surface area contributed by atoms with Crippen molar-refractivity contribution >= 4 is 6.29 Å². The van der Waals surface area contributed by atoms with Gasteiger partial charge in [0.1, 0.15) is 17.9 Å². The van der Waals surface area contributed by atoms with Gasteiger partial charge in [-0.15, -0.1) is 0 Å². The van der Waals surface area contributed by atoms with Crippen molar-refractivity contribution in [1.29, 1.82) is 0 Å². The summed E-state index contributed by atoms with van der Waals surface area (Å²) in [6.45, 7) is -3.02. The maximum Gasteiger partial charge on any atom is 0.387 e. The third-order valence-corrected chi connectivity index (χ3v) is 1.70. The topological polar surface area (TPSA) is 52.3 Å². The highest BCUT2D eigenvalue weighted by atomic mass is 19.3. The van der Waals surface area contributed by atoms with Crippen molar-refractivity contribution in [3.8, 4) is 5.75 Å². The summed E-state index contributed by atoms with van der Waals surface area (Å²) in [6, 6.07) is 1.90.